The maximum atomic E-state index is 6.07. The first-order chi connectivity index (χ1) is 13.6. The maximum absolute atomic E-state index is 6.07. The van der Waals surface area contributed by atoms with Crippen LogP contribution in [0.1, 0.15) is 130 Å². The second-order valence-electron chi connectivity index (χ2n) is 10.2. The molecule has 0 aromatic rings. The van der Waals surface area contributed by atoms with Gasteiger partial charge < -0.3 is 9.05 Å². The summed E-state index contributed by atoms with van der Waals surface area (Å²) in [5.74, 6) is 1.86. The van der Waals surface area contributed by atoms with E-state index < -0.39 is 0 Å². The van der Waals surface area contributed by atoms with E-state index in [1.54, 1.807) is 0 Å². The molecule has 28 heavy (non-hydrogen) atoms. The van der Waals surface area contributed by atoms with Crippen LogP contribution < -0.4 is 0 Å². The van der Waals surface area contributed by atoms with Gasteiger partial charge in [-0.1, -0.05) is 85.0 Å². The molecule has 2 nitrogen and oxygen atoms in total. The summed E-state index contributed by atoms with van der Waals surface area (Å²) in [4.78, 5) is 0. The quantitative estimate of drug-likeness (QED) is 0.209. The lowest BCUT2D eigenvalue weighted by molar-refractivity contribution is 0.0297. The van der Waals surface area contributed by atoms with Crippen LogP contribution in [-0.2, 0) is 9.05 Å². The van der Waals surface area contributed by atoms with Crippen molar-refractivity contribution in [3.05, 3.63) is 0 Å². The first-order valence-corrected chi connectivity index (χ1v) is 13.5. The van der Waals surface area contributed by atoms with Crippen LogP contribution in [0.5, 0.6) is 0 Å². The normalized spacial score (nSPS) is 25.0. The molecule has 1 atom stereocenters. The zero-order valence-corrected chi connectivity index (χ0v) is 20.3. The van der Waals surface area contributed by atoms with Crippen LogP contribution >= 0.6 is 9.03 Å². The van der Waals surface area contributed by atoms with Gasteiger partial charge in [-0.3, -0.25) is 0 Å². The monoisotopic (exact) mass is 412 g/mol. The summed E-state index contributed by atoms with van der Waals surface area (Å²) in [5.41, 5.74) is 0.528. The summed E-state index contributed by atoms with van der Waals surface area (Å²) in [6.07, 6.45) is 23.9. The second kappa shape index (κ2) is 14.4. The van der Waals surface area contributed by atoms with Gasteiger partial charge in [0.2, 0.25) is 0 Å². The van der Waals surface area contributed by atoms with Gasteiger partial charge in [-0.05, 0) is 62.2 Å². The van der Waals surface area contributed by atoms with Crippen molar-refractivity contribution in [1.29, 1.82) is 0 Å². The fourth-order valence-electron chi connectivity index (χ4n) is 5.56. The van der Waals surface area contributed by atoms with E-state index in [0.29, 0.717) is 11.5 Å². The lowest BCUT2D eigenvalue weighted by Gasteiger charge is -2.45. The van der Waals surface area contributed by atoms with Crippen molar-refractivity contribution >= 4 is 9.03 Å². The molecule has 0 aromatic heterocycles. The molecular formula is C25H49O2P. The molecule has 0 aromatic carbocycles. The highest BCUT2D eigenvalue weighted by molar-refractivity contribution is 7.26. The number of unbranched alkanes of at least 4 members (excludes halogenated alkanes) is 7. The van der Waals surface area contributed by atoms with Crippen molar-refractivity contribution < 1.29 is 9.05 Å². The summed E-state index contributed by atoms with van der Waals surface area (Å²) < 4.78 is 11.8. The zero-order valence-electron chi connectivity index (χ0n) is 19.3. The predicted molar refractivity (Wildman–Crippen MR) is 124 cm³/mol. The molecule has 0 bridgehead atoms. The average Bonchev–Trinajstić information content (AvgIpc) is 2.73. The molecule has 0 aliphatic heterocycles. The van der Waals surface area contributed by atoms with Gasteiger partial charge in [-0.15, -0.1) is 0 Å². The van der Waals surface area contributed by atoms with Crippen molar-refractivity contribution in [2.75, 3.05) is 6.61 Å². The van der Waals surface area contributed by atoms with Crippen LogP contribution in [0, 0.1) is 17.3 Å². The van der Waals surface area contributed by atoms with E-state index in [9.17, 15) is 0 Å². The molecule has 0 N–H and O–H groups in total. The molecule has 2 rings (SSSR count). The molecule has 0 amide bonds. The molecule has 2 saturated carbocycles. The molecule has 0 radical (unpaired) electrons. The van der Waals surface area contributed by atoms with Crippen molar-refractivity contribution in [2.24, 2.45) is 17.3 Å². The topological polar surface area (TPSA) is 18.5 Å². The molecule has 0 spiro atoms. The molecule has 1 unspecified atom stereocenters. The van der Waals surface area contributed by atoms with E-state index in [1.165, 1.54) is 109 Å². The standard InChI is InChI=1S/C25H49O2P/c1-4-5-6-7-8-9-10-14-21-26-28-27-24-19-17-23(18-20-24)25(2,3)22-15-12-11-13-16-22/h22-24,28H,4-21H2,1-3H3. The van der Waals surface area contributed by atoms with Gasteiger partial charge in [-0.25, -0.2) is 0 Å². The maximum Gasteiger partial charge on any atom is 0.155 e. The Morgan fingerprint density at radius 3 is 1.93 bits per heavy atom. The molecule has 0 heterocycles. The Balaban J connectivity index is 1.46. The Morgan fingerprint density at radius 1 is 0.714 bits per heavy atom. The van der Waals surface area contributed by atoms with Crippen molar-refractivity contribution in [3.63, 3.8) is 0 Å². The molecule has 3 heteroatoms. The Hall–Kier alpha value is 0.350. The largest absolute Gasteiger partial charge is 0.336 e. The zero-order chi connectivity index (χ0) is 20.1. The lowest BCUT2D eigenvalue weighted by atomic mass is 9.61. The second-order valence-corrected chi connectivity index (χ2v) is 10.8. The van der Waals surface area contributed by atoms with E-state index in [2.05, 4.69) is 20.8 Å². The summed E-state index contributed by atoms with van der Waals surface area (Å²) in [6.45, 7) is 8.29. The fraction of sp³-hybridized carbons (Fsp3) is 1.00. The predicted octanol–water partition coefficient (Wildman–Crippen LogP) is 8.83. The number of hydrogen-bond donors (Lipinski definition) is 0. The highest BCUT2D eigenvalue weighted by Crippen LogP contribution is 2.48. The summed E-state index contributed by atoms with van der Waals surface area (Å²) in [7, 11) is 0.259. The minimum absolute atomic E-state index is 0.259. The van der Waals surface area contributed by atoms with Gasteiger partial charge >= 0.3 is 0 Å². The summed E-state index contributed by atoms with van der Waals surface area (Å²) in [6, 6.07) is 0. The number of rotatable bonds is 14. The Bertz CT molecular complexity index is 371. The van der Waals surface area contributed by atoms with Gasteiger partial charge in [-0.2, -0.15) is 0 Å². The van der Waals surface area contributed by atoms with Crippen molar-refractivity contribution in [1.82, 2.24) is 0 Å². The molecule has 2 aliphatic carbocycles. The van der Waals surface area contributed by atoms with Crippen LogP contribution in [0.25, 0.3) is 0 Å². The third-order valence-corrected chi connectivity index (χ3v) is 8.51. The molecule has 166 valence electrons. The SMILES string of the molecule is CCCCCCCCCCOPOC1CCC(C(C)(C)C2CCCCC2)CC1. The van der Waals surface area contributed by atoms with Crippen LogP contribution in [0.15, 0.2) is 0 Å². The third kappa shape index (κ3) is 9.01. The Morgan fingerprint density at radius 2 is 1.29 bits per heavy atom. The van der Waals surface area contributed by atoms with Gasteiger partial charge in [0.25, 0.3) is 0 Å². The van der Waals surface area contributed by atoms with Crippen molar-refractivity contribution in [2.45, 2.75) is 136 Å². The fourth-order valence-corrected chi connectivity index (χ4v) is 6.22. The average molecular weight is 413 g/mol. The summed E-state index contributed by atoms with van der Waals surface area (Å²) >= 11 is 0. The first-order valence-electron chi connectivity index (χ1n) is 12.7. The Kier molecular flexibility index (Phi) is 12.6. The van der Waals surface area contributed by atoms with Crippen molar-refractivity contribution in [3.8, 4) is 0 Å². The third-order valence-electron chi connectivity index (χ3n) is 7.76. The number of hydrogen-bond acceptors (Lipinski definition) is 2. The van der Waals surface area contributed by atoms with Gasteiger partial charge in [0.1, 0.15) is 0 Å². The van der Waals surface area contributed by atoms with Crippen LogP contribution in [-0.4, -0.2) is 12.7 Å². The summed E-state index contributed by atoms with van der Waals surface area (Å²) in [5, 5.41) is 0. The van der Waals surface area contributed by atoms with Crippen LogP contribution in [0.2, 0.25) is 0 Å². The van der Waals surface area contributed by atoms with E-state index in [4.69, 9.17) is 9.05 Å². The first kappa shape index (κ1) is 24.6. The van der Waals surface area contributed by atoms with E-state index in [-0.39, 0.29) is 9.03 Å². The molecule has 2 fully saturated rings. The Labute approximate surface area is 178 Å². The van der Waals surface area contributed by atoms with Crippen LogP contribution in [0.3, 0.4) is 0 Å². The highest BCUT2D eigenvalue weighted by atomic mass is 31.1. The van der Waals surface area contributed by atoms with Gasteiger partial charge in [0, 0.05) is 0 Å². The van der Waals surface area contributed by atoms with E-state index in [0.717, 1.165) is 18.4 Å². The highest BCUT2D eigenvalue weighted by Gasteiger charge is 2.39. The molecule has 2 aliphatic rings. The molecule has 0 saturated heterocycles. The van der Waals surface area contributed by atoms with Crippen LogP contribution in [0.4, 0.5) is 0 Å². The van der Waals surface area contributed by atoms with E-state index in [1.807, 2.05) is 0 Å². The van der Waals surface area contributed by atoms with Gasteiger partial charge in [0.05, 0.1) is 12.7 Å². The van der Waals surface area contributed by atoms with Gasteiger partial charge in [0.15, 0.2) is 9.03 Å². The smallest absolute Gasteiger partial charge is 0.155 e. The molecular weight excluding hydrogens is 363 g/mol. The lowest BCUT2D eigenvalue weighted by Crippen LogP contribution is -2.37. The minimum atomic E-state index is 0.259. The van der Waals surface area contributed by atoms with E-state index >= 15 is 0 Å². The minimum Gasteiger partial charge on any atom is -0.336 e.